The average molecular weight is 387 g/mol. The molecule has 0 radical (unpaired) electrons. The zero-order chi connectivity index (χ0) is 19.1. The Kier molecular flexibility index (Phi) is 6.96. The highest BCUT2D eigenvalue weighted by atomic mass is 35.5. The van der Waals surface area contributed by atoms with Crippen molar-refractivity contribution in [2.24, 2.45) is 4.99 Å². The van der Waals surface area contributed by atoms with Gasteiger partial charge in [0.2, 0.25) is 0 Å². The van der Waals surface area contributed by atoms with Gasteiger partial charge in [0.15, 0.2) is 5.96 Å². The summed E-state index contributed by atoms with van der Waals surface area (Å²) in [6.45, 7) is 4.93. The fourth-order valence-electron chi connectivity index (χ4n) is 3.27. The van der Waals surface area contributed by atoms with Gasteiger partial charge in [0, 0.05) is 51.0 Å². The van der Waals surface area contributed by atoms with Crippen LogP contribution in [0.2, 0.25) is 5.02 Å². The third-order valence-electron chi connectivity index (χ3n) is 4.69. The maximum Gasteiger partial charge on any atom is 0.193 e. The molecule has 27 heavy (non-hydrogen) atoms. The lowest BCUT2D eigenvalue weighted by molar-refractivity contribution is 0.122. The second-order valence-electron chi connectivity index (χ2n) is 6.61. The first kappa shape index (κ1) is 19.5. The molecule has 144 valence electrons. The third kappa shape index (κ3) is 5.37. The fourth-order valence-corrected chi connectivity index (χ4v) is 3.40. The van der Waals surface area contributed by atoms with Gasteiger partial charge < -0.3 is 19.9 Å². The summed E-state index contributed by atoms with van der Waals surface area (Å²) in [5.74, 6) is 0.863. The van der Waals surface area contributed by atoms with Gasteiger partial charge in [0.1, 0.15) is 0 Å². The molecule has 6 heteroatoms. The quantitative estimate of drug-likeness (QED) is 0.631. The molecule has 0 spiro atoms. The van der Waals surface area contributed by atoms with Crippen LogP contribution in [0.1, 0.15) is 11.1 Å². The van der Waals surface area contributed by atoms with Crippen molar-refractivity contribution in [1.29, 1.82) is 0 Å². The Balaban J connectivity index is 1.63. The van der Waals surface area contributed by atoms with E-state index in [0.29, 0.717) is 0 Å². The van der Waals surface area contributed by atoms with E-state index in [-0.39, 0.29) is 0 Å². The van der Waals surface area contributed by atoms with Crippen LogP contribution in [0.15, 0.2) is 53.5 Å². The Morgan fingerprint density at radius 3 is 2.56 bits per heavy atom. The molecule has 1 aliphatic heterocycles. The number of ether oxygens (including phenoxy) is 1. The minimum Gasteiger partial charge on any atom is -0.378 e. The number of morpholine rings is 1. The van der Waals surface area contributed by atoms with Crippen LogP contribution in [0.5, 0.6) is 0 Å². The predicted octanol–water partition coefficient (Wildman–Crippen LogP) is 3.38. The summed E-state index contributed by atoms with van der Waals surface area (Å²) in [5.41, 5.74) is 3.73. The maximum atomic E-state index is 5.97. The number of benzene rings is 2. The van der Waals surface area contributed by atoms with Gasteiger partial charge in [0.05, 0.1) is 13.2 Å². The van der Waals surface area contributed by atoms with Crippen molar-refractivity contribution in [2.75, 3.05) is 45.3 Å². The lowest BCUT2D eigenvalue weighted by Gasteiger charge is -2.31. The van der Waals surface area contributed by atoms with Crippen molar-refractivity contribution in [3.05, 3.63) is 64.7 Å². The second-order valence-corrected chi connectivity index (χ2v) is 7.05. The molecule has 5 nitrogen and oxygen atoms in total. The maximum absolute atomic E-state index is 5.97. The summed E-state index contributed by atoms with van der Waals surface area (Å²) in [5, 5.41) is 4.24. The van der Waals surface area contributed by atoms with E-state index in [9.17, 15) is 0 Å². The van der Waals surface area contributed by atoms with Crippen molar-refractivity contribution < 1.29 is 4.74 Å². The largest absolute Gasteiger partial charge is 0.378 e. The Hall–Kier alpha value is -2.24. The summed E-state index contributed by atoms with van der Waals surface area (Å²) in [6, 6.07) is 16.4. The van der Waals surface area contributed by atoms with Gasteiger partial charge in [-0.1, -0.05) is 41.9 Å². The second kappa shape index (κ2) is 9.62. The highest BCUT2D eigenvalue weighted by Crippen LogP contribution is 2.21. The highest BCUT2D eigenvalue weighted by Gasteiger charge is 2.15. The molecule has 1 fully saturated rings. The fraction of sp³-hybridized carbons (Fsp3) is 0.381. The van der Waals surface area contributed by atoms with Crippen molar-refractivity contribution in [2.45, 2.75) is 13.1 Å². The van der Waals surface area contributed by atoms with E-state index in [2.05, 4.69) is 44.4 Å². The third-order valence-corrected chi connectivity index (χ3v) is 4.94. The molecule has 3 rings (SSSR count). The van der Waals surface area contributed by atoms with Crippen molar-refractivity contribution in [3.63, 3.8) is 0 Å². The SMILES string of the molecule is CN=C(NCc1ccccc1N1CCOCC1)N(C)Cc1ccc(Cl)cc1. The summed E-state index contributed by atoms with van der Waals surface area (Å²) in [4.78, 5) is 8.93. The number of aliphatic imine (C=N–C) groups is 1. The highest BCUT2D eigenvalue weighted by molar-refractivity contribution is 6.30. The van der Waals surface area contributed by atoms with Crippen LogP contribution in [0.3, 0.4) is 0 Å². The van der Waals surface area contributed by atoms with Gasteiger partial charge in [0.25, 0.3) is 0 Å². The number of guanidine groups is 1. The molecule has 0 unspecified atom stereocenters. The van der Waals surface area contributed by atoms with Crippen LogP contribution >= 0.6 is 11.6 Å². The summed E-state index contributed by atoms with van der Waals surface area (Å²) < 4.78 is 5.48. The van der Waals surface area contributed by atoms with Crippen LogP contribution in [0.25, 0.3) is 0 Å². The number of anilines is 1. The van der Waals surface area contributed by atoms with E-state index in [1.807, 2.05) is 38.4 Å². The smallest absolute Gasteiger partial charge is 0.193 e. The zero-order valence-corrected chi connectivity index (χ0v) is 16.7. The number of para-hydroxylation sites is 1. The minimum atomic E-state index is 0.727. The summed E-state index contributed by atoms with van der Waals surface area (Å²) >= 11 is 5.97. The molecule has 1 aliphatic rings. The number of nitrogens with one attached hydrogen (secondary N) is 1. The molecule has 1 N–H and O–H groups in total. The molecule has 2 aromatic rings. The zero-order valence-electron chi connectivity index (χ0n) is 16.0. The van der Waals surface area contributed by atoms with E-state index < -0.39 is 0 Å². The van der Waals surface area contributed by atoms with Crippen LogP contribution < -0.4 is 10.2 Å². The van der Waals surface area contributed by atoms with Gasteiger partial charge in [-0.2, -0.15) is 0 Å². The molecule has 0 atom stereocenters. The number of rotatable bonds is 5. The van der Waals surface area contributed by atoms with Crippen LogP contribution in [-0.4, -0.2) is 51.3 Å². The molecule has 0 aromatic heterocycles. The van der Waals surface area contributed by atoms with Crippen molar-refractivity contribution in [3.8, 4) is 0 Å². The van der Waals surface area contributed by atoms with Crippen molar-refractivity contribution in [1.82, 2.24) is 10.2 Å². The van der Waals surface area contributed by atoms with Gasteiger partial charge in [-0.05, 0) is 29.3 Å². The Bertz CT molecular complexity index is 757. The molecule has 0 saturated carbocycles. The normalized spacial score (nSPS) is 14.9. The van der Waals surface area contributed by atoms with Crippen LogP contribution in [0.4, 0.5) is 5.69 Å². The lowest BCUT2D eigenvalue weighted by atomic mass is 10.1. The van der Waals surface area contributed by atoms with E-state index in [1.165, 1.54) is 16.8 Å². The van der Waals surface area contributed by atoms with E-state index in [0.717, 1.165) is 50.4 Å². The molecule has 1 heterocycles. The Morgan fingerprint density at radius 2 is 1.85 bits per heavy atom. The van der Waals surface area contributed by atoms with Gasteiger partial charge in [-0.15, -0.1) is 0 Å². The van der Waals surface area contributed by atoms with Gasteiger partial charge in [-0.25, -0.2) is 0 Å². The monoisotopic (exact) mass is 386 g/mol. The number of hydrogen-bond donors (Lipinski definition) is 1. The average Bonchev–Trinajstić information content (AvgIpc) is 2.71. The molecule has 2 aromatic carbocycles. The Morgan fingerprint density at radius 1 is 1.15 bits per heavy atom. The first-order valence-electron chi connectivity index (χ1n) is 9.24. The summed E-state index contributed by atoms with van der Waals surface area (Å²) in [6.07, 6.45) is 0. The van der Waals surface area contributed by atoms with Gasteiger partial charge >= 0.3 is 0 Å². The lowest BCUT2D eigenvalue weighted by Crippen LogP contribution is -2.39. The molecule has 0 bridgehead atoms. The molecule has 0 amide bonds. The first-order chi connectivity index (χ1) is 13.2. The molecule has 0 aliphatic carbocycles. The molecular formula is C21H27ClN4O. The van der Waals surface area contributed by atoms with Crippen LogP contribution in [0, 0.1) is 0 Å². The van der Waals surface area contributed by atoms with E-state index in [1.54, 1.807) is 0 Å². The van der Waals surface area contributed by atoms with E-state index >= 15 is 0 Å². The Labute approximate surface area is 166 Å². The molecular weight excluding hydrogens is 360 g/mol. The number of halogens is 1. The summed E-state index contributed by atoms with van der Waals surface area (Å²) in [7, 11) is 3.85. The molecule has 1 saturated heterocycles. The standard InChI is InChI=1S/C21H27ClN4O/c1-23-21(25(2)16-17-7-9-19(22)10-8-17)24-15-18-5-3-4-6-20(18)26-11-13-27-14-12-26/h3-10H,11-16H2,1-2H3,(H,23,24). The van der Waals surface area contributed by atoms with Crippen molar-refractivity contribution >= 4 is 23.2 Å². The first-order valence-corrected chi connectivity index (χ1v) is 9.62. The van der Waals surface area contributed by atoms with Crippen LogP contribution in [-0.2, 0) is 17.8 Å². The predicted molar refractivity (Wildman–Crippen MR) is 113 cm³/mol. The number of nitrogens with zero attached hydrogens (tertiary/aromatic N) is 3. The minimum absolute atomic E-state index is 0.727. The topological polar surface area (TPSA) is 40.1 Å². The van der Waals surface area contributed by atoms with Gasteiger partial charge in [-0.3, -0.25) is 4.99 Å². The van der Waals surface area contributed by atoms with E-state index in [4.69, 9.17) is 16.3 Å². The number of hydrogen-bond acceptors (Lipinski definition) is 3.